The van der Waals surface area contributed by atoms with Crippen LogP contribution in [0.2, 0.25) is 0 Å². The van der Waals surface area contributed by atoms with Crippen LogP contribution < -0.4 is 9.42 Å². The topological polar surface area (TPSA) is 65.1 Å². The molecule has 0 amide bonds. The minimum atomic E-state index is -0.194. The number of aromatic nitrogens is 3. The van der Waals surface area contributed by atoms with Gasteiger partial charge in [-0.2, -0.15) is 0 Å². The van der Waals surface area contributed by atoms with Crippen molar-refractivity contribution in [3.63, 3.8) is 0 Å². The lowest BCUT2D eigenvalue weighted by atomic mass is 9.90. The maximum Gasteiger partial charge on any atom is 0.256 e. The number of ketones is 2. The van der Waals surface area contributed by atoms with Gasteiger partial charge in [0, 0.05) is 11.1 Å². The number of carbonyl (C=O) groups excluding carboxylic acids is 2. The molecule has 6 heteroatoms. The lowest BCUT2D eigenvalue weighted by molar-refractivity contribution is -0.753. The second kappa shape index (κ2) is 5.66. The number of rotatable bonds is 3. The lowest BCUT2D eigenvalue weighted by Gasteiger charge is -2.11. The predicted molar refractivity (Wildman–Crippen MR) is 89.3 cm³/mol. The summed E-state index contributed by atoms with van der Waals surface area (Å²) in [6, 6.07) is 14.1. The maximum absolute atomic E-state index is 13.0. The van der Waals surface area contributed by atoms with Gasteiger partial charge in [-0.15, -0.1) is 4.68 Å². The number of nitrogens with zero attached hydrogens (tertiary/aromatic N) is 3. The molecule has 0 atom stereocenters. The fourth-order valence-corrected chi connectivity index (χ4v) is 3.11. The van der Waals surface area contributed by atoms with Crippen LogP contribution in [0, 0.1) is 0 Å². The molecular weight excluding hydrogens is 318 g/mol. The molecule has 0 radical (unpaired) electrons. The molecule has 1 aromatic heterocycles. The average molecular weight is 334 g/mol. The zero-order valence-corrected chi connectivity index (χ0v) is 13.9. The predicted octanol–water partition coefficient (Wildman–Crippen LogP) is 1.96. The van der Waals surface area contributed by atoms with Gasteiger partial charge in [-0.3, -0.25) is 9.59 Å². The number of hydrogen-bond acceptors (Lipinski definition) is 4. The molecule has 0 spiro atoms. The van der Waals surface area contributed by atoms with Crippen molar-refractivity contribution in [2.45, 2.75) is 13.5 Å². The Morgan fingerprint density at radius 1 is 1.00 bits per heavy atom. The summed E-state index contributed by atoms with van der Waals surface area (Å²) in [7, 11) is 1.59. The fourth-order valence-electron chi connectivity index (χ4n) is 3.11. The average Bonchev–Trinajstić information content (AvgIpc) is 3.06. The Morgan fingerprint density at radius 3 is 2.24 bits per heavy atom. The van der Waals surface area contributed by atoms with Gasteiger partial charge in [0.25, 0.3) is 5.69 Å². The van der Waals surface area contributed by atoms with E-state index in [-0.39, 0.29) is 11.6 Å². The summed E-state index contributed by atoms with van der Waals surface area (Å²) in [5.41, 5.74) is 2.18. The monoisotopic (exact) mass is 334 g/mol. The summed E-state index contributed by atoms with van der Waals surface area (Å²) in [6.45, 7) is 2.39. The van der Waals surface area contributed by atoms with E-state index >= 15 is 0 Å². The lowest BCUT2D eigenvalue weighted by Crippen LogP contribution is -2.42. The highest BCUT2D eigenvalue weighted by molar-refractivity contribution is 6.26. The van der Waals surface area contributed by atoms with Gasteiger partial charge in [-0.05, 0) is 31.2 Å². The molecule has 0 bridgehead atoms. The van der Waals surface area contributed by atoms with Gasteiger partial charge in [0.05, 0.1) is 12.3 Å². The first-order chi connectivity index (χ1) is 12.2. The van der Waals surface area contributed by atoms with E-state index in [1.54, 1.807) is 48.2 Å². The Labute approximate surface area is 144 Å². The molecule has 124 valence electrons. The van der Waals surface area contributed by atoms with Crippen LogP contribution in [0.1, 0.15) is 39.0 Å². The largest absolute Gasteiger partial charge is 0.497 e. The highest BCUT2D eigenvalue weighted by Crippen LogP contribution is 2.27. The van der Waals surface area contributed by atoms with E-state index in [0.29, 0.717) is 40.5 Å². The first-order valence-electron chi connectivity index (χ1n) is 8.01. The molecule has 0 fully saturated rings. The van der Waals surface area contributed by atoms with E-state index in [1.807, 2.05) is 19.1 Å². The molecule has 1 aliphatic carbocycles. The molecule has 2 aromatic carbocycles. The Bertz CT molecular complexity index is 1000. The van der Waals surface area contributed by atoms with Crippen molar-refractivity contribution in [3.05, 3.63) is 71.0 Å². The molecule has 3 aromatic rings. The summed E-state index contributed by atoms with van der Waals surface area (Å²) in [4.78, 5) is 26.0. The van der Waals surface area contributed by atoms with Gasteiger partial charge in [0.2, 0.25) is 17.3 Å². The van der Waals surface area contributed by atoms with Crippen LogP contribution in [0.3, 0.4) is 0 Å². The zero-order chi connectivity index (χ0) is 17.6. The summed E-state index contributed by atoms with van der Waals surface area (Å²) in [5.74, 6) is 0.341. The molecule has 0 N–H and O–H groups in total. The maximum atomic E-state index is 13.0. The first-order valence-corrected chi connectivity index (χ1v) is 8.01. The molecule has 0 saturated carbocycles. The number of fused-ring (bicyclic) bond motifs is 2. The van der Waals surface area contributed by atoms with Crippen LogP contribution in [0.4, 0.5) is 0 Å². The second-order valence-electron chi connectivity index (χ2n) is 5.72. The molecule has 25 heavy (non-hydrogen) atoms. The number of methoxy groups -OCH3 is 1. The van der Waals surface area contributed by atoms with Gasteiger partial charge in [-0.1, -0.05) is 28.9 Å². The Hall–Kier alpha value is -3.28. The van der Waals surface area contributed by atoms with E-state index in [9.17, 15) is 9.59 Å². The summed E-state index contributed by atoms with van der Waals surface area (Å²) >= 11 is 0. The van der Waals surface area contributed by atoms with E-state index in [0.717, 1.165) is 0 Å². The quantitative estimate of drug-likeness (QED) is 0.537. The van der Waals surface area contributed by atoms with Gasteiger partial charge >= 0.3 is 0 Å². The van der Waals surface area contributed by atoms with Crippen LogP contribution in [0.5, 0.6) is 5.75 Å². The Kier molecular flexibility index (Phi) is 3.46. The van der Waals surface area contributed by atoms with E-state index < -0.39 is 0 Å². The number of hydrogen-bond donors (Lipinski definition) is 0. The summed E-state index contributed by atoms with van der Waals surface area (Å²) in [6.07, 6.45) is 0. The third-order valence-corrected chi connectivity index (χ3v) is 4.35. The van der Waals surface area contributed by atoms with E-state index in [2.05, 4.69) is 5.21 Å². The summed E-state index contributed by atoms with van der Waals surface area (Å²) < 4.78 is 8.29. The number of ether oxygens (including phenoxy) is 1. The molecule has 1 aliphatic rings. The molecular formula is C19H16N3O3+. The number of carbonyl (C=O) groups is 2. The van der Waals surface area contributed by atoms with Crippen molar-refractivity contribution < 1.29 is 19.0 Å². The van der Waals surface area contributed by atoms with Crippen molar-refractivity contribution in [2.75, 3.05) is 7.11 Å². The van der Waals surface area contributed by atoms with Crippen LogP contribution in [-0.4, -0.2) is 28.6 Å². The molecule has 4 rings (SSSR count). The van der Waals surface area contributed by atoms with Crippen molar-refractivity contribution in [1.82, 2.24) is 9.90 Å². The van der Waals surface area contributed by atoms with Crippen LogP contribution in [-0.2, 0) is 6.54 Å². The number of aryl methyl sites for hydroxylation is 1. The van der Waals surface area contributed by atoms with Crippen molar-refractivity contribution in [3.8, 4) is 11.4 Å². The van der Waals surface area contributed by atoms with Crippen molar-refractivity contribution in [1.29, 1.82) is 0 Å². The van der Waals surface area contributed by atoms with Crippen LogP contribution in [0.25, 0.3) is 5.69 Å². The first kappa shape index (κ1) is 15.3. The minimum Gasteiger partial charge on any atom is -0.497 e. The minimum absolute atomic E-state index is 0.174. The third-order valence-electron chi connectivity index (χ3n) is 4.35. The molecule has 0 aliphatic heterocycles. The normalized spacial score (nSPS) is 12.7. The van der Waals surface area contributed by atoms with Gasteiger partial charge in [-0.25, -0.2) is 0 Å². The van der Waals surface area contributed by atoms with Crippen molar-refractivity contribution >= 4 is 11.6 Å². The summed E-state index contributed by atoms with van der Waals surface area (Å²) in [5, 5.41) is 4.47. The van der Waals surface area contributed by atoms with Crippen LogP contribution in [0.15, 0.2) is 48.5 Å². The molecule has 6 nitrogen and oxygen atoms in total. The molecule has 0 saturated heterocycles. The Balaban J connectivity index is 1.96. The van der Waals surface area contributed by atoms with Crippen molar-refractivity contribution in [2.24, 2.45) is 0 Å². The fraction of sp³-hybridized carbons (Fsp3) is 0.158. The highest BCUT2D eigenvalue weighted by atomic mass is 16.5. The van der Waals surface area contributed by atoms with Crippen LogP contribution >= 0.6 is 0 Å². The van der Waals surface area contributed by atoms with Gasteiger partial charge in [0.15, 0.2) is 5.69 Å². The molecule has 0 unspecified atom stereocenters. The standard InChI is InChI=1S/C19H16N3O3/c1-3-21-16-17(19(24)15-7-5-4-6-14(15)18(16)23)22(20-21)12-8-10-13(25-2)11-9-12/h4-11H,3H2,1-2H3/q+1. The third kappa shape index (κ3) is 2.18. The highest BCUT2D eigenvalue weighted by Gasteiger charge is 2.42. The second-order valence-corrected chi connectivity index (χ2v) is 5.72. The molecule has 1 heterocycles. The smallest absolute Gasteiger partial charge is 0.256 e. The van der Waals surface area contributed by atoms with E-state index in [1.165, 1.54) is 4.68 Å². The van der Waals surface area contributed by atoms with E-state index in [4.69, 9.17) is 4.74 Å². The van der Waals surface area contributed by atoms with Gasteiger partial charge in [0.1, 0.15) is 12.3 Å². The zero-order valence-electron chi connectivity index (χ0n) is 13.9. The van der Waals surface area contributed by atoms with Gasteiger partial charge < -0.3 is 4.74 Å². The number of benzene rings is 2. The SMILES string of the molecule is CC[n+]1nn(-c2ccc(OC)cc2)c2c1C(=O)c1ccccc1C2=O. The Morgan fingerprint density at radius 2 is 1.64 bits per heavy atom.